The van der Waals surface area contributed by atoms with Crippen LogP contribution in [0.4, 0.5) is 5.69 Å². The van der Waals surface area contributed by atoms with E-state index < -0.39 is 0 Å². The molecule has 0 unspecified atom stereocenters. The van der Waals surface area contributed by atoms with Crippen LogP contribution in [0.25, 0.3) is 32.8 Å². The lowest BCUT2D eigenvalue weighted by Gasteiger charge is -2.17. The molecule has 0 saturated heterocycles. The van der Waals surface area contributed by atoms with Crippen LogP contribution in [-0.4, -0.2) is 36.1 Å². The Morgan fingerprint density at radius 3 is 2.38 bits per heavy atom. The Bertz CT molecular complexity index is 1100. The standard InChI is InChI=1S/C24H30N4.ClH/c1-4-28(5-2)17-11-10-16-25-22-19-13-7-9-15-21(19)27(3)24-18-12-6-8-14-20(18)26-23(22)24;/h6-9,12-15H,4-5,10-11,16-17H2,1-3H3,(H,25,26);1H. The number of halogens is 1. The lowest BCUT2D eigenvalue weighted by Crippen LogP contribution is -3.00. The molecule has 29 heavy (non-hydrogen) atoms. The molecule has 0 aliphatic heterocycles. The first-order chi connectivity index (χ1) is 13.7. The van der Waals surface area contributed by atoms with Gasteiger partial charge in [-0.3, -0.25) is 0 Å². The number of fused-ring (bicyclic) bond motifs is 4. The minimum absolute atomic E-state index is 0. The van der Waals surface area contributed by atoms with Crippen molar-refractivity contribution in [3.63, 3.8) is 0 Å². The topological polar surface area (TPSA) is 34.9 Å². The zero-order valence-corrected chi connectivity index (χ0v) is 18.4. The number of aromatic nitrogens is 2. The van der Waals surface area contributed by atoms with Gasteiger partial charge in [-0.2, -0.15) is 4.57 Å². The van der Waals surface area contributed by atoms with Gasteiger partial charge in [-0.1, -0.05) is 38.1 Å². The van der Waals surface area contributed by atoms with Crippen molar-refractivity contribution in [3.8, 4) is 0 Å². The number of nitrogens with zero attached hydrogens (tertiary/aromatic N) is 2. The van der Waals surface area contributed by atoms with Crippen molar-refractivity contribution in [1.82, 2.24) is 9.88 Å². The Kier molecular flexibility index (Phi) is 6.99. The summed E-state index contributed by atoms with van der Waals surface area (Å²) in [5.74, 6) is 0. The first-order valence-electron chi connectivity index (χ1n) is 10.5. The van der Waals surface area contributed by atoms with Crippen molar-refractivity contribution in [2.45, 2.75) is 26.7 Å². The number of unbranched alkanes of at least 4 members (excludes halogenated alkanes) is 1. The maximum atomic E-state index is 3.77. The molecule has 154 valence electrons. The van der Waals surface area contributed by atoms with E-state index in [9.17, 15) is 0 Å². The summed E-state index contributed by atoms with van der Waals surface area (Å²) in [6, 6.07) is 17.3. The number of aryl methyl sites for hydroxylation is 1. The summed E-state index contributed by atoms with van der Waals surface area (Å²) in [4.78, 5) is 6.16. The van der Waals surface area contributed by atoms with Gasteiger partial charge in [0.2, 0.25) is 11.0 Å². The van der Waals surface area contributed by atoms with E-state index in [0.29, 0.717) is 0 Å². The molecule has 0 saturated carbocycles. The molecule has 5 heteroatoms. The average Bonchev–Trinajstić information content (AvgIpc) is 3.12. The van der Waals surface area contributed by atoms with Gasteiger partial charge < -0.3 is 27.6 Å². The quantitative estimate of drug-likeness (QED) is 0.343. The fraction of sp³-hybridized carbons (Fsp3) is 0.375. The predicted octanol–water partition coefficient (Wildman–Crippen LogP) is 1.84. The van der Waals surface area contributed by atoms with Crippen LogP contribution < -0.4 is 22.3 Å². The minimum Gasteiger partial charge on any atom is -1.00 e. The lowest BCUT2D eigenvalue weighted by atomic mass is 10.1. The molecule has 2 aromatic carbocycles. The number of nitrogens with one attached hydrogen (secondary N) is 2. The summed E-state index contributed by atoms with van der Waals surface area (Å²) in [6.45, 7) is 8.93. The lowest BCUT2D eigenvalue weighted by molar-refractivity contribution is -0.616. The Labute approximate surface area is 179 Å². The number of rotatable bonds is 8. The number of hydrogen-bond donors (Lipinski definition) is 2. The first-order valence-corrected chi connectivity index (χ1v) is 10.5. The van der Waals surface area contributed by atoms with Crippen LogP contribution in [0.5, 0.6) is 0 Å². The number of para-hydroxylation sites is 2. The van der Waals surface area contributed by atoms with E-state index in [0.717, 1.165) is 19.6 Å². The van der Waals surface area contributed by atoms with Crippen molar-refractivity contribution in [2.75, 3.05) is 31.5 Å². The van der Waals surface area contributed by atoms with Crippen molar-refractivity contribution >= 4 is 38.5 Å². The number of hydrogen-bond acceptors (Lipinski definition) is 2. The maximum Gasteiger partial charge on any atom is 0.240 e. The SMILES string of the molecule is CCN(CC)CCCCNc1c2ccccc2[n+](C)c2c1[nH]c1ccccc12.[Cl-]. The van der Waals surface area contributed by atoms with Crippen molar-refractivity contribution < 1.29 is 17.0 Å². The van der Waals surface area contributed by atoms with Gasteiger partial charge in [0.05, 0.1) is 22.0 Å². The molecule has 0 bridgehead atoms. The highest BCUT2D eigenvalue weighted by Crippen LogP contribution is 2.33. The van der Waals surface area contributed by atoms with Gasteiger partial charge in [0.25, 0.3) is 0 Å². The predicted molar refractivity (Wildman–Crippen MR) is 120 cm³/mol. The third-order valence-corrected chi connectivity index (χ3v) is 5.90. The highest BCUT2D eigenvalue weighted by atomic mass is 35.5. The second-order valence-electron chi connectivity index (χ2n) is 7.51. The van der Waals surface area contributed by atoms with Gasteiger partial charge in [-0.25, -0.2) is 0 Å². The summed E-state index contributed by atoms with van der Waals surface area (Å²) < 4.78 is 2.31. The van der Waals surface area contributed by atoms with Crippen LogP contribution in [-0.2, 0) is 7.05 Å². The van der Waals surface area contributed by atoms with E-state index in [1.807, 2.05) is 0 Å². The number of pyridine rings is 1. The van der Waals surface area contributed by atoms with Gasteiger partial charge in [0.15, 0.2) is 0 Å². The van der Waals surface area contributed by atoms with Gasteiger partial charge in [-0.15, -0.1) is 0 Å². The van der Waals surface area contributed by atoms with E-state index in [1.165, 1.54) is 57.9 Å². The monoisotopic (exact) mass is 410 g/mol. The molecule has 0 atom stereocenters. The normalized spacial score (nSPS) is 11.4. The van der Waals surface area contributed by atoms with Crippen LogP contribution in [0.1, 0.15) is 26.7 Å². The molecule has 0 amide bonds. The third kappa shape index (κ3) is 4.05. The number of aromatic amines is 1. The average molecular weight is 411 g/mol. The molecule has 0 fully saturated rings. The molecule has 0 aliphatic carbocycles. The molecule has 2 N–H and O–H groups in total. The Morgan fingerprint density at radius 2 is 1.62 bits per heavy atom. The molecule has 4 nitrogen and oxygen atoms in total. The molecule has 2 heterocycles. The highest BCUT2D eigenvalue weighted by molar-refractivity contribution is 6.13. The molecular weight excluding hydrogens is 380 g/mol. The summed E-state index contributed by atoms with van der Waals surface area (Å²) in [6.07, 6.45) is 2.40. The second kappa shape index (κ2) is 9.47. The fourth-order valence-electron chi connectivity index (χ4n) is 4.29. The fourth-order valence-corrected chi connectivity index (χ4v) is 4.29. The largest absolute Gasteiger partial charge is 1.00 e. The third-order valence-electron chi connectivity index (χ3n) is 5.90. The van der Waals surface area contributed by atoms with Crippen LogP contribution >= 0.6 is 0 Å². The van der Waals surface area contributed by atoms with Gasteiger partial charge >= 0.3 is 0 Å². The molecule has 0 aliphatic rings. The van der Waals surface area contributed by atoms with Gasteiger partial charge in [0, 0.05) is 12.6 Å². The molecule has 0 spiro atoms. The van der Waals surface area contributed by atoms with Crippen LogP contribution in [0.2, 0.25) is 0 Å². The Hall–Kier alpha value is -2.30. The van der Waals surface area contributed by atoms with Crippen molar-refractivity contribution in [2.24, 2.45) is 7.05 Å². The minimum atomic E-state index is 0. The number of H-pyrrole nitrogens is 1. The second-order valence-corrected chi connectivity index (χ2v) is 7.51. The molecule has 0 radical (unpaired) electrons. The van der Waals surface area contributed by atoms with Crippen molar-refractivity contribution in [1.29, 1.82) is 0 Å². The smallest absolute Gasteiger partial charge is 0.240 e. The van der Waals surface area contributed by atoms with Crippen LogP contribution in [0.3, 0.4) is 0 Å². The zero-order chi connectivity index (χ0) is 19.5. The summed E-state index contributed by atoms with van der Waals surface area (Å²) >= 11 is 0. The van der Waals surface area contributed by atoms with E-state index in [-0.39, 0.29) is 12.4 Å². The van der Waals surface area contributed by atoms with Gasteiger partial charge in [-0.05, 0) is 50.7 Å². The number of anilines is 1. The molecule has 2 aromatic heterocycles. The van der Waals surface area contributed by atoms with E-state index >= 15 is 0 Å². The summed E-state index contributed by atoms with van der Waals surface area (Å²) in [5, 5.41) is 6.31. The molecule has 4 rings (SSSR count). The maximum absolute atomic E-state index is 3.77. The van der Waals surface area contributed by atoms with E-state index in [2.05, 4.69) is 89.2 Å². The summed E-state index contributed by atoms with van der Waals surface area (Å²) in [5.41, 5.74) is 6.13. The highest BCUT2D eigenvalue weighted by Gasteiger charge is 2.21. The Morgan fingerprint density at radius 1 is 0.931 bits per heavy atom. The zero-order valence-electron chi connectivity index (χ0n) is 17.6. The van der Waals surface area contributed by atoms with E-state index in [4.69, 9.17) is 0 Å². The van der Waals surface area contributed by atoms with Crippen molar-refractivity contribution in [3.05, 3.63) is 48.5 Å². The van der Waals surface area contributed by atoms with Crippen LogP contribution in [0.15, 0.2) is 48.5 Å². The van der Waals surface area contributed by atoms with Gasteiger partial charge in [0.1, 0.15) is 12.6 Å². The molecular formula is C24H31ClN4. The Balaban J connectivity index is 0.00000240. The van der Waals surface area contributed by atoms with E-state index in [1.54, 1.807) is 0 Å². The van der Waals surface area contributed by atoms with Crippen LogP contribution in [0, 0.1) is 0 Å². The summed E-state index contributed by atoms with van der Waals surface area (Å²) in [7, 11) is 2.17. The first kappa shape index (κ1) is 21.4. The number of benzene rings is 2. The molecule has 4 aromatic rings.